The molecule has 0 radical (unpaired) electrons. The largest absolute Gasteiger partial charge is 0.0899 e. The molecule has 3 heteroatoms. The Balaban J connectivity index is 3.14. The maximum absolute atomic E-state index is 7.85. The van der Waals surface area contributed by atoms with Gasteiger partial charge in [-0.2, -0.15) is 0 Å². The lowest BCUT2D eigenvalue weighted by atomic mass is 10.3. The minimum Gasteiger partial charge on any atom is -0.0899 e. The minimum atomic E-state index is 0.483. The molecule has 0 aliphatic carbocycles. The number of nitrogens with zero attached hydrogens (tertiary/aromatic N) is 3. The van der Waals surface area contributed by atoms with E-state index in [0.717, 1.165) is 12.8 Å². The molecular weight excluding hydrogens is 114 g/mol. The van der Waals surface area contributed by atoms with Gasteiger partial charge in [-0.05, 0) is 12.0 Å². The average Bonchev–Trinajstić information content (AvgIpc) is 1.89. The van der Waals surface area contributed by atoms with E-state index in [-0.39, 0.29) is 0 Å². The lowest BCUT2D eigenvalue weighted by Gasteiger charge is -1.80. The molecule has 0 aromatic carbocycles. The van der Waals surface area contributed by atoms with Gasteiger partial charge < -0.3 is 0 Å². The molecule has 0 atom stereocenters. The van der Waals surface area contributed by atoms with Gasteiger partial charge in [0.25, 0.3) is 0 Å². The van der Waals surface area contributed by atoms with Crippen LogP contribution in [0.5, 0.6) is 0 Å². The van der Waals surface area contributed by atoms with Gasteiger partial charge in [0.15, 0.2) is 0 Å². The molecule has 50 valence electrons. The van der Waals surface area contributed by atoms with Crippen molar-refractivity contribution < 1.29 is 0 Å². The summed E-state index contributed by atoms with van der Waals surface area (Å²) in [4.78, 5) is 2.61. The first-order valence-corrected chi connectivity index (χ1v) is 3.07. The zero-order valence-electron chi connectivity index (χ0n) is 5.62. The van der Waals surface area contributed by atoms with Gasteiger partial charge in [0, 0.05) is 11.5 Å². The van der Waals surface area contributed by atoms with Gasteiger partial charge in [-0.15, -0.1) is 0 Å². The maximum Gasteiger partial charge on any atom is 0.0440 e. The summed E-state index contributed by atoms with van der Waals surface area (Å²) in [5, 5.41) is 3.34. The molecule has 0 fully saturated rings. The van der Waals surface area contributed by atoms with Crippen LogP contribution in [0, 0.1) is 0 Å². The highest BCUT2D eigenvalue weighted by atomic mass is 15.1. The molecule has 0 N–H and O–H groups in total. The molecule has 0 aromatic heterocycles. The van der Waals surface area contributed by atoms with Crippen LogP contribution in [0.3, 0.4) is 0 Å². The molecule has 0 unspecified atom stereocenters. The molecule has 0 heterocycles. The highest BCUT2D eigenvalue weighted by Gasteiger charge is 1.71. The van der Waals surface area contributed by atoms with Crippen LogP contribution >= 0.6 is 0 Å². The monoisotopic (exact) mass is 125 g/mol. The Labute approximate surface area is 55.0 Å². The van der Waals surface area contributed by atoms with E-state index in [0.29, 0.717) is 6.54 Å². The molecule has 0 saturated heterocycles. The molecule has 9 heavy (non-hydrogen) atoms. The van der Waals surface area contributed by atoms with Crippen LogP contribution in [0.15, 0.2) is 17.3 Å². The topological polar surface area (TPSA) is 48.8 Å². The predicted octanol–water partition coefficient (Wildman–Crippen LogP) is 2.65. The van der Waals surface area contributed by atoms with E-state index in [2.05, 4.69) is 16.9 Å². The Morgan fingerprint density at radius 1 is 1.56 bits per heavy atom. The first kappa shape index (κ1) is 8.05. The third kappa shape index (κ3) is 7.05. The lowest BCUT2D eigenvalue weighted by molar-refractivity contribution is 0.953. The van der Waals surface area contributed by atoms with Crippen LogP contribution in [-0.4, -0.2) is 6.54 Å². The predicted molar refractivity (Wildman–Crippen MR) is 38.1 cm³/mol. The number of allylic oxidation sites excluding steroid dienone is 1. The van der Waals surface area contributed by atoms with Crippen LogP contribution in [0.1, 0.15) is 19.8 Å². The van der Waals surface area contributed by atoms with Crippen LogP contribution < -0.4 is 0 Å². The van der Waals surface area contributed by atoms with E-state index in [9.17, 15) is 0 Å². The Hall–Kier alpha value is -0.950. The van der Waals surface area contributed by atoms with E-state index < -0.39 is 0 Å². The van der Waals surface area contributed by atoms with Crippen molar-refractivity contribution in [2.24, 2.45) is 5.11 Å². The van der Waals surface area contributed by atoms with Crippen molar-refractivity contribution in [2.75, 3.05) is 6.54 Å². The summed E-state index contributed by atoms with van der Waals surface area (Å²) < 4.78 is 0. The molecule has 0 saturated carbocycles. The summed E-state index contributed by atoms with van der Waals surface area (Å²) in [6, 6.07) is 0. The number of unbranched alkanes of at least 4 members (excludes halogenated alkanes) is 1. The van der Waals surface area contributed by atoms with Crippen molar-refractivity contribution in [3.8, 4) is 0 Å². The first-order chi connectivity index (χ1) is 4.41. The van der Waals surface area contributed by atoms with Gasteiger partial charge in [-0.25, -0.2) is 0 Å². The Morgan fingerprint density at radius 2 is 2.33 bits per heavy atom. The third-order valence-electron chi connectivity index (χ3n) is 0.872. The minimum absolute atomic E-state index is 0.483. The normalized spacial score (nSPS) is 9.44. The molecule has 0 amide bonds. The fourth-order valence-corrected chi connectivity index (χ4v) is 0.443. The highest BCUT2D eigenvalue weighted by Crippen LogP contribution is 1.87. The second-order valence-corrected chi connectivity index (χ2v) is 1.67. The quantitative estimate of drug-likeness (QED) is 0.240. The molecule has 0 rings (SSSR count). The first-order valence-electron chi connectivity index (χ1n) is 3.07. The van der Waals surface area contributed by atoms with Gasteiger partial charge in [0.1, 0.15) is 0 Å². The van der Waals surface area contributed by atoms with Gasteiger partial charge in [0.05, 0.1) is 0 Å². The van der Waals surface area contributed by atoms with Crippen molar-refractivity contribution >= 4 is 0 Å². The molecule has 0 aliphatic heterocycles. The van der Waals surface area contributed by atoms with E-state index in [4.69, 9.17) is 5.53 Å². The van der Waals surface area contributed by atoms with Gasteiger partial charge in [-0.3, -0.25) is 0 Å². The molecule has 0 aliphatic rings. The summed E-state index contributed by atoms with van der Waals surface area (Å²) >= 11 is 0. The summed E-state index contributed by atoms with van der Waals surface area (Å²) in [6.07, 6.45) is 6.12. The number of hydrogen-bond acceptors (Lipinski definition) is 1. The summed E-state index contributed by atoms with van der Waals surface area (Å²) in [5.74, 6) is 0. The van der Waals surface area contributed by atoms with E-state index in [1.807, 2.05) is 12.2 Å². The van der Waals surface area contributed by atoms with E-state index in [1.54, 1.807) is 0 Å². The smallest absolute Gasteiger partial charge is 0.0440 e. The standard InChI is InChI=1S/C6H11N3/c1-2-3-4-5-6-8-9-7/h4-5H,2-3,6H2,1H3/b5-4-. The molecule has 3 nitrogen and oxygen atoms in total. The van der Waals surface area contributed by atoms with Crippen molar-refractivity contribution in [1.29, 1.82) is 0 Å². The number of hydrogen-bond donors (Lipinski definition) is 0. The molecular formula is C6H11N3. The zero-order valence-corrected chi connectivity index (χ0v) is 5.62. The lowest BCUT2D eigenvalue weighted by Crippen LogP contribution is -1.66. The second-order valence-electron chi connectivity index (χ2n) is 1.67. The third-order valence-corrected chi connectivity index (χ3v) is 0.872. The summed E-state index contributed by atoms with van der Waals surface area (Å²) in [5.41, 5.74) is 7.85. The van der Waals surface area contributed by atoms with Crippen molar-refractivity contribution in [3.05, 3.63) is 22.6 Å². The van der Waals surface area contributed by atoms with Crippen LogP contribution in [-0.2, 0) is 0 Å². The van der Waals surface area contributed by atoms with E-state index >= 15 is 0 Å². The number of azide groups is 1. The maximum atomic E-state index is 7.85. The Kier molecular flexibility index (Phi) is 6.31. The molecule has 0 spiro atoms. The van der Waals surface area contributed by atoms with E-state index in [1.165, 1.54) is 0 Å². The Morgan fingerprint density at radius 3 is 2.89 bits per heavy atom. The molecule has 0 aromatic rings. The van der Waals surface area contributed by atoms with Crippen LogP contribution in [0.4, 0.5) is 0 Å². The SMILES string of the molecule is CCC/C=C\CN=[N+]=[N-]. The summed E-state index contributed by atoms with van der Waals surface area (Å²) in [7, 11) is 0. The fourth-order valence-electron chi connectivity index (χ4n) is 0.443. The van der Waals surface area contributed by atoms with Crippen LogP contribution in [0.25, 0.3) is 10.4 Å². The summed E-state index contributed by atoms with van der Waals surface area (Å²) in [6.45, 7) is 2.59. The van der Waals surface area contributed by atoms with Crippen LogP contribution in [0.2, 0.25) is 0 Å². The Bertz CT molecular complexity index is 122. The zero-order chi connectivity index (χ0) is 6.95. The average molecular weight is 125 g/mol. The van der Waals surface area contributed by atoms with Gasteiger partial charge in [-0.1, -0.05) is 30.6 Å². The molecule has 0 bridgehead atoms. The van der Waals surface area contributed by atoms with Gasteiger partial charge in [0.2, 0.25) is 0 Å². The highest BCUT2D eigenvalue weighted by molar-refractivity contribution is 4.83. The number of rotatable bonds is 4. The van der Waals surface area contributed by atoms with Crippen molar-refractivity contribution in [2.45, 2.75) is 19.8 Å². The van der Waals surface area contributed by atoms with Crippen molar-refractivity contribution in [1.82, 2.24) is 0 Å². The fraction of sp³-hybridized carbons (Fsp3) is 0.667. The van der Waals surface area contributed by atoms with Crippen molar-refractivity contribution in [3.63, 3.8) is 0 Å². The van der Waals surface area contributed by atoms with Gasteiger partial charge >= 0.3 is 0 Å². The second kappa shape index (κ2) is 7.05.